The number of carbonyl (C=O) groups is 1. The summed E-state index contributed by atoms with van der Waals surface area (Å²) in [5.74, 6) is 1.26. The molecule has 2 heterocycles. The van der Waals surface area contributed by atoms with Crippen LogP contribution in [0.25, 0.3) is 17.3 Å². The molecular formula is C22H19BrN4O4S2. The van der Waals surface area contributed by atoms with Crippen LogP contribution in [0.1, 0.15) is 5.56 Å². The van der Waals surface area contributed by atoms with Crippen LogP contribution in [0.5, 0.6) is 17.2 Å². The number of nitrogens with one attached hydrogen (secondary N) is 2. The average molecular weight is 547 g/mol. The smallest absolute Gasteiger partial charge is 0.264 e. The quantitative estimate of drug-likeness (QED) is 0.311. The molecule has 11 heteroatoms. The van der Waals surface area contributed by atoms with Crippen molar-refractivity contribution >= 4 is 61.3 Å². The number of hydrogen-bond acceptors (Lipinski definition) is 9. The van der Waals surface area contributed by atoms with Gasteiger partial charge in [0.2, 0.25) is 10.9 Å². The number of anilines is 1. The van der Waals surface area contributed by atoms with Crippen LogP contribution in [0, 0.1) is 0 Å². The van der Waals surface area contributed by atoms with E-state index in [2.05, 4.69) is 36.8 Å². The molecule has 1 amide bonds. The molecule has 3 aromatic rings. The van der Waals surface area contributed by atoms with Crippen molar-refractivity contribution in [3.8, 4) is 28.5 Å². The minimum Gasteiger partial charge on any atom is -0.493 e. The van der Waals surface area contributed by atoms with E-state index in [-0.39, 0.29) is 5.91 Å². The third-order valence-corrected chi connectivity index (χ3v) is 6.72. The van der Waals surface area contributed by atoms with Gasteiger partial charge in [-0.15, -0.1) is 16.4 Å². The number of halogens is 1. The summed E-state index contributed by atoms with van der Waals surface area (Å²) < 4.78 is 17.1. The number of amidine groups is 1. The second kappa shape index (κ2) is 10.3. The van der Waals surface area contributed by atoms with Gasteiger partial charge < -0.3 is 14.2 Å². The first-order valence-electron chi connectivity index (χ1n) is 9.56. The predicted molar refractivity (Wildman–Crippen MR) is 136 cm³/mol. The first-order chi connectivity index (χ1) is 16.0. The van der Waals surface area contributed by atoms with E-state index >= 15 is 0 Å². The van der Waals surface area contributed by atoms with Crippen LogP contribution in [0.4, 0.5) is 5.13 Å². The third kappa shape index (κ3) is 5.32. The Labute approximate surface area is 207 Å². The maximum atomic E-state index is 12.4. The van der Waals surface area contributed by atoms with Gasteiger partial charge in [-0.25, -0.2) is 4.98 Å². The van der Waals surface area contributed by atoms with Crippen LogP contribution in [-0.2, 0) is 4.79 Å². The molecule has 1 fully saturated rings. The molecule has 0 spiro atoms. The van der Waals surface area contributed by atoms with E-state index in [9.17, 15) is 4.79 Å². The van der Waals surface area contributed by atoms with Crippen LogP contribution in [0.2, 0.25) is 0 Å². The maximum Gasteiger partial charge on any atom is 0.264 e. The summed E-state index contributed by atoms with van der Waals surface area (Å²) >= 11 is 6.08. The van der Waals surface area contributed by atoms with Crippen molar-refractivity contribution in [2.75, 3.05) is 26.8 Å². The van der Waals surface area contributed by atoms with Crippen LogP contribution < -0.4 is 25.0 Å². The SMILES string of the molecule is COc1cc(/C=C2/S/C(=N/Nc3nc(-c4ccc(Br)cc4)cs3)NC2=O)cc(OC)c1OC. The number of methoxy groups -OCH3 is 3. The highest BCUT2D eigenvalue weighted by Gasteiger charge is 2.24. The van der Waals surface area contributed by atoms with Crippen molar-refractivity contribution in [2.24, 2.45) is 5.10 Å². The molecule has 170 valence electrons. The number of carbonyl (C=O) groups excluding carboxylic acids is 1. The fourth-order valence-corrected chi connectivity index (χ4v) is 4.70. The number of benzene rings is 2. The van der Waals surface area contributed by atoms with Gasteiger partial charge in [0.15, 0.2) is 16.7 Å². The lowest BCUT2D eigenvalue weighted by Gasteiger charge is -2.12. The van der Waals surface area contributed by atoms with Gasteiger partial charge in [0.25, 0.3) is 5.91 Å². The fourth-order valence-electron chi connectivity index (χ4n) is 2.99. The Hall–Kier alpha value is -3.02. The second-order valence-corrected chi connectivity index (χ2v) is 9.40. The molecular weight excluding hydrogens is 528 g/mol. The molecule has 1 aliphatic heterocycles. The molecule has 2 N–H and O–H groups in total. The molecule has 0 saturated carbocycles. The van der Waals surface area contributed by atoms with Gasteiger partial charge in [-0.2, -0.15) is 0 Å². The summed E-state index contributed by atoms with van der Waals surface area (Å²) in [4.78, 5) is 17.5. The number of aromatic nitrogens is 1. The average Bonchev–Trinajstić information content (AvgIpc) is 3.44. The summed E-state index contributed by atoms with van der Waals surface area (Å²) in [7, 11) is 4.63. The van der Waals surface area contributed by atoms with Crippen molar-refractivity contribution in [2.45, 2.75) is 0 Å². The zero-order valence-electron chi connectivity index (χ0n) is 17.8. The highest BCUT2D eigenvalue weighted by molar-refractivity contribution is 9.10. The number of nitrogens with zero attached hydrogens (tertiary/aromatic N) is 2. The van der Waals surface area contributed by atoms with E-state index in [1.165, 1.54) is 23.1 Å². The minimum atomic E-state index is -0.246. The van der Waals surface area contributed by atoms with E-state index < -0.39 is 0 Å². The van der Waals surface area contributed by atoms with Gasteiger partial charge in [-0.3, -0.25) is 15.5 Å². The first kappa shape index (κ1) is 23.1. The van der Waals surface area contributed by atoms with Crippen molar-refractivity contribution < 1.29 is 19.0 Å². The van der Waals surface area contributed by atoms with E-state index in [0.29, 0.717) is 32.5 Å². The van der Waals surface area contributed by atoms with E-state index in [0.717, 1.165) is 21.3 Å². The van der Waals surface area contributed by atoms with Gasteiger partial charge >= 0.3 is 0 Å². The van der Waals surface area contributed by atoms with Crippen molar-refractivity contribution in [3.05, 3.63) is 56.7 Å². The first-order valence-corrected chi connectivity index (χ1v) is 12.1. The number of amides is 1. The topological polar surface area (TPSA) is 94.1 Å². The van der Waals surface area contributed by atoms with Crippen LogP contribution in [0.3, 0.4) is 0 Å². The van der Waals surface area contributed by atoms with Gasteiger partial charge in [0.05, 0.1) is 31.9 Å². The van der Waals surface area contributed by atoms with Gasteiger partial charge in [0.1, 0.15) is 0 Å². The zero-order chi connectivity index (χ0) is 23.4. The lowest BCUT2D eigenvalue weighted by molar-refractivity contribution is -0.115. The number of ether oxygens (including phenoxy) is 3. The number of thioether (sulfide) groups is 1. The summed E-state index contributed by atoms with van der Waals surface area (Å²) in [5.41, 5.74) is 5.50. The molecule has 1 aromatic heterocycles. The lowest BCUT2D eigenvalue weighted by Crippen LogP contribution is -2.20. The van der Waals surface area contributed by atoms with Crippen molar-refractivity contribution in [1.82, 2.24) is 10.3 Å². The lowest BCUT2D eigenvalue weighted by atomic mass is 10.1. The Morgan fingerprint density at radius 1 is 1.09 bits per heavy atom. The second-order valence-electron chi connectivity index (χ2n) is 6.60. The standard InChI is InChI=1S/C22H19BrN4O4S2/c1-29-16-8-12(9-17(30-2)19(16)31-3)10-18-20(28)25-22(33-18)27-26-21-24-15(11-32-21)13-4-6-14(23)7-5-13/h4-11H,1-3H3,(H,24,26)(H,25,27,28)/b18-10+. The molecule has 0 atom stereocenters. The van der Waals surface area contributed by atoms with E-state index in [1.54, 1.807) is 39.5 Å². The number of hydrogen-bond donors (Lipinski definition) is 2. The molecule has 8 nitrogen and oxygen atoms in total. The largest absolute Gasteiger partial charge is 0.493 e. The molecule has 0 unspecified atom stereocenters. The van der Waals surface area contributed by atoms with Crippen LogP contribution in [-0.4, -0.2) is 37.4 Å². The third-order valence-electron chi connectivity index (χ3n) is 4.53. The van der Waals surface area contributed by atoms with Gasteiger partial charge in [-0.1, -0.05) is 28.1 Å². The number of thiazole rings is 1. The molecule has 0 bridgehead atoms. The Balaban J connectivity index is 1.48. The summed E-state index contributed by atoms with van der Waals surface area (Å²) in [6, 6.07) is 11.5. The molecule has 2 aromatic carbocycles. The van der Waals surface area contributed by atoms with E-state index in [1.807, 2.05) is 29.6 Å². The van der Waals surface area contributed by atoms with E-state index in [4.69, 9.17) is 14.2 Å². The van der Waals surface area contributed by atoms with Crippen LogP contribution in [0.15, 0.2) is 56.3 Å². The Morgan fingerprint density at radius 3 is 2.42 bits per heavy atom. The predicted octanol–water partition coefficient (Wildman–Crippen LogP) is 5.19. The minimum absolute atomic E-state index is 0.246. The number of hydrazone groups is 1. The molecule has 1 aliphatic rings. The monoisotopic (exact) mass is 546 g/mol. The Bertz CT molecular complexity index is 1220. The molecule has 0 aliphatic carbocycles. The Morgan fingerprint density at radius 2 is 1.79 bits per heavy atom. The summed E-state index contributed by atoms with van der Waals surface area (Å²) in [6.07, 6.45) is 1.74. The molecule has 4 rings (SSSR count). The highest BCUT2D eigenvalue weighted by atomic mass is 79.9. The van der Waals surface area contributed by atoms with Gasteiger partial charge in [0, 0.05) is 15.4 Å². The van der Waals surface area contributed by atoms with Crippen molar-refractivity contribution in [3.63, 3.8) is 0 Å². The normalized spacial score (nSPS) is 15.6. The summed E-state index contributed by atoms with van der Waals surface area (Å²) in [6.45, 7) is 0. The number of rotatable bonds is 7. The molecule has 1 saturated heterocycles. The fraction of sp³-hybridized carbons (Fsp3) is 0.136. The van der Waals surface area contributed by atoms with Crippen LogP contribution >= 0.6 is 39.0 Å². The van der Waals surface area contributed by atoms with Gasteiger partial charge in [-0.05, 0) is 47.7 Å². The van der Waals surface area contributed by atoms with Crippen molar-refractivity contribution in [1.29, 1.82) is 0 Å². The molecule has 33 heavy (non-hydrogen) atoms. The maximum absolute atomic E-state index is 12.4. The summed E-state index contributed by atoms with van der Waals surface area (Å²) in [5, 5.41) is 10.0. The highest BCUT2D eigenvalue weighted by Crippen LogP contribution is 2.39. The zero-order valence-corrected chi connectivity index (χ0v) is 21.1. The Kier molecular flexibility index (Phi) is 7.21. The molecule has 0 radical (unpaired) electrons.